The maximum atomic E-state index is 12.3. The number of aliphatic hydroxyl groups is 1. The zero-order valence-electron chi connectivity index (χ0n) is 11.2. The summed E-state index contributed by atoms with van der Waals surface area (Å²) in [5.74, 6) is -0.443. The monoisotopic (exact) mass is 358 g/mol. The molecule has 1 fully saturated rings. The summed E-state index contributed by atoms with van der Waals surface area (Å²) in [5.41, 5.74) is -0.714. The second-order valence-electron chi connectivity index (χ2n) is 4.93. The van der Waals surface area contributed by atoms with Crippen LogP contribution in [0.15, 0.2) is 22.7 Å². The average Bonchev–Trinajstić information content (AvgIpc) is 2.48. The average molecular weight is 359 g/mol. The van der Waals surface area contributed by atoms with Crippen LogP contribution in [-0.4, -0.2) is 41.3 Å². The predicted molar refractivity (Wildman–Crippen MR) is 78.1 cm³/mol. The first-order valence-corrected chi connectivity index (χ1v) is 7.22. The minimum absolute atomic E-state index is 0.173. The normalized spacial score (nSPS) is 17.2. The molecule has 0 aliphatic carbocycles. The zero-order valence-corrected chi connectivity index (χ0v) is 12.8. The van der Waals surface area contributed by atoms with E-state index in [0.717, 1.165) is 0 Å². The summed E-state index contributed by atoms with van der Waals surface area (Å²) in [7, 11) is 0. The van der Waals surface area contributed by atoms with Crippen LogP contribution in [0.1, 0.15) is 23.2 Å². The number of carbonyl (C=O) groups is 1. The molecule has 7 nitrogen and oxygen atoms in total. The van der Waals surface area contributed by atoms with Gasteiger partial charge in [-0.2, -0.15) is 0 Å². The SMILES string of the molecule is O=C(NC1(CO)CCOCC1)c1ccc(Br)c([N+](=O)[O-])c1. The highest BCUT2D eigenvalue weighted by atomic mass is 79.9. The third-order valence-electron chi connectivity index (χ3n) is 3.54. The molecule has 1 aliphatic rings. The molecular weight excluding hydrogens is 344 g/mol. The van der Waals surface area contributed by atoms with E-state index in [0.29, 0.717) is 30.5 Å². The lowest BCUT2D eigenvalue weighted by Gasteiger charge is -2.36. The van der Waals surface area contributed by atoms with Gasteiger partial charge in [-0.3, -0.25) is 14.9 Å². The highest BCUT2D eigenvalue weighted by molar-refractivity contribution is 9.10. The Kier molecular flexibility index (Phi) is 4.92. The van der Waals surface area contributed by atoms with Crippen molar-refractivity contribution in [2.24, 2.45) is 0 Å². The Hall–Kier alpha value is -1.51. The van der Waals surface area contributed by atoms with E-state index in [4.69, 9.17) is 4.74 Å². The Morgan fingerprint density at radius 3 is 2.71 bits per heavy atom. The van der Waals surface area contributed by atoms with Crippen molar-refractivity contribution in [2.75, 3.05) is 19.8 Å². The zero-order chi connectivity index (χ0) is 15.5. The first kappa shape index (κ1) is 15.9. The highest BCUT2D eigenvalue weighted by Crippen LogP contribution is 2.26. The van der Waals surface area contributed by atoms with Crippen LogP contribution in [0.2, 0.25) is 0 Å². The molecule has 2 rings (SSSR count). The second-order valence-corrected chi connectivity index (χ2v) is 5.78. The number of benzene rings is 1. The van der Waals surface area contributed by atoms with Crippen LogP contribution < -0.4 is 5.32 Å². The Morgan fingerprint density at radius 2 is 2.14 bits per heavy atom. The molecule has 0 saturated carbocycles. The van der Waals surface area contributed by atoms with Gasteiger partial charge in [-0.05, 0) is 40.9 Å². The smallest absolute Gasteiger partial charge is 0.284 e. The molecule has 0 atom stereocenters. The van der Waals surface area contributed by atoms with Crippen molar-refractivity contribution < 1.29 is 19.6 Å². The Morgan fingerprint density at radius 1 is 1.48 bits per heavy atom. The number of aliphatic hydroxyl groups excluding tert-OH is 1. The van der Waals surface area contributed by atoms with Crippen molar-refractivity contribution in [3.63, 3.8) is 0 Å². The summed E-state index contributed by atoms with van der Waals surface area (Å²) in [4.78, 5) is 22.6. The van der Waals surface area contributed by atoms with E-state index < -0.39 is 16.4 Å². The number of hydrogen-bond acceptors (Lipinski definition) is 5. The molecule has 0 bridgehead atoms. The van der Waals surface area contributed by atoms with Crippen LogP contribution in [0.25, 0.3) is 0 Å². The molecule has 1 heterocycles. The Balaban J connectivity index is 2.20. The van der Waals surface area contributed by atoms with Gasteiger partial charge in [0, 0.05) is 24.8 Å². The molecule has 0 spiro atoms. The van der Waals surface area contributed by atoms with Crippen molar-refractivity contribution >= 4 is 27.5 Å². The molecule has 1 aromatic rings. The van der Waals surface area contributed by atoms with Crippen molar-refractivity contribution in [3.8, 4) is 0 Å². The number of halogens is 1. The maximum absolute atomic E-state index is 12.3. The number of hydrogen-bond donors (Lipinski definition) is 2. The molecular formula is C13H15BrN2O5. The number of nitro groups is 1. The van der Waals surface area contributed by atoms with E-state index in [1.165, 1.54) is 18.2 Å². The summed E-state index contributed by atoms with van der Waals surface area (Å²) < 4.78 is 5.53. The number of rotatable bonds is 4. The third kappa shape index (κ3) is 3.58. The topological polar surface area (TPSA) is 102 Å². The number of ether oxygens (including phenoxy) is 1. The van der Waals surface area contributed by atoms with Crippen LogP contribution in [0.4, 0.5) is 5.69 Å². The summed E-state index contributed by atoms with van der Waals surface area (Å²) >= 11 is 3.07. The summed E-state index contributed by atoms with van der Waals surface area (Å²) in [5, 5.41) is 23.2. The van der Waals surface area contributed by atoms with Gasteiger partial charge in [0.2, 0.25) is 0 Å². The number of nitrogens with one attached hydrogen (secondary N) is 1. The molecule has 1 aromatic carbocycles. The van der Waals surface area contributed by atoms with E-state index >= 15 is 0 Å². The van der Waals surface area contributed by atoms with Crippen molar-refractivity contribution in [1.82, 2.24) is 5.32 Å². The molecule has 1 saturated heterocycles. The van der Waals surface area contributed by atoms with Crippen LogP contribution in [0.3, 0.4) is 0 Å². The van der Waals surface area contributed by atoms with Gasteiger partial charge in [-0.25, -0.2) is 0 Å². The fourth-order valence-electron chi connectivity index (χ4n) is 2.19. The number of carbonyl (C=O) groups excluding carboxylic acids is 1. The lowest BCUT2D eigenvalue weighted by atomic mass is 9.90. The summed E-state index contributed by atoms with van der Waals surface area (Å²) in [6, 6.07) is 4.17. The van der Waals surface area contributed by atoms with Gasteiger partial charge in [0.15, 0.2) is 0 Å². The lowest BCUT2D eigenvalue weighted by Crippen LogP contribution is -2.54. The molecule has 1 aliphatic heterocycles. The maximum Gasteiger partial charge on any atom is 0.284 e. The quantitative estimate of drug-likeness (QED) is 0.629. The molecule has 8 heteroatoms. The minimum atomic E-state index is -0.725. The van der Waals surface area contributed by atoms with Crippen molar-refractivity contribution in [1.29, 1.82) is 0 Å². The highest BCUT2D eigenvalue weighted by Gasteiger charge is 2.34. The van der Waals surface area contributed by atoms with E-state index in [1.807, 2.05) is 0 Å². The van der Waals surface area contributed by atoms with Gasteiger partial charge < -0.3 is 15.2 Å². The van der Waals surface area contributed by atoms with Crippen molar-refractivity contribution in [2.45, 2.75) is 18.4 Å². The number of nitro benzene ring substituents is 1. The van der Waals surface area contributed by atoms with Crippen LogP contribution >= 0.6 is 15.9 Å². The van der Waals surface area contributed by atoms with Gasteiger partial charge in [-0.15, -0.1) is 0 Å². The molecule has 2 N–H and O–H groups in total. The van der Waals surface area contributed by atoms with Crippen LogP contribution in [0, 0.1) is 10.1 Å². The fraction of sp³-hybridized carbons (Fsp3) is 0.462. The summed E-state index contributed by atoms with van der Waals surface area (Å²) in [6.07, 6.45) is 1.02. The first-order chi connectivity index (χ1) is 9.97. The Labute approximate surface area is 129 Å². The lowest BCUT2D eigenvalue weighted by molar-refractivity contribution is -0.385. The molecule has 0 aromatic heterocycles. The van der Waals surface area contributed by atoms with E-state index in [2.05, 4.69) is 21.2 Å². The molecule has 114 valence electrons. The predicted octanol–water partition coefficient (Wildman–Crippen LogP) is 1.63. The van der Waals surface area contributed by atoms with Gasteiger partial charge >= 0.3 is 0 Å². The van der Waals surface area contributed by atoms with Gasteiger partial charge in [0.25, 0.3) is 11.6 Å². The second kappa shape index (κ2) is 6.50. The fourth-order valence-corrected chi connectivity index (χ4v) is 2.58. The van der Waals surface area contributed by atoms with E-state index in [-0.39, 0.29) is 17.9 Å². The van der Waals surface area contributed by atoms with E-state index in [9.17, 15) is 20.0 Å². The van der Waals surface area contributed by atoms with Gasteiger partial charge in [-0.1, -0.05) is 0 Å². The number of amides is 1. The molecule has 0 unspecified atom stereocenters. The molecule has 1 amide bonds. The minimum Gasteiger partial charge on any atom is -0.394 e. The standard InChI is InChI=1S/C13H15BrN2O5/c14-10-2-1-9(7-11(10)16(19)20)12(18)15-13(8-17)3-5-21-6-4-13/h1-2,7,17H,3-6,8H2,(H,15,18). The van der Waals surface area contributed by atoms with Crippen molar-refractivity contribution in [3.05, 3.63) is 38.3 Å². The molecule has 21 heavy (non-hydrogen) atoms. The van der Waals surface area contributed by atoms with Gasteiger partial charge in [0.05, 0.1) is 21.5 Å². The van der Waals surface area contributed by atoms with Crippen LogP contribution in [-0.2, 0) is 4.74 Å². The largest absolute Gasteiger partial charge is 0.394 e. The Bertz CT molecular complexity index is 557. The number of nitrogens with zero attached hydrogens (tertiary/aromatic N) is 1. The third-order valence-corrected chi connectivity index (χ3v) is 4.21. The summed E-state index contributed by atoms with van der Waals surface area (Å²) in [6.45, 7) is 0.726. The van der Waals surface area contributed by atoms with Gasteiger partial charge in [0.1, 0.15) is 0 Å². The molecule has 0 radical (unpaired) electrons. The first-order valence-electron chi connectivity index (χ1n) is 6.42. The van der Waals surface area contributed by atoms with Crippen LogP contribution in [0.5, 0.6) is 0 Å². The van der Waals surface area contributed by atoms with E-state index in [1.54, 1.807) is 0 Å².